The number of aryl methyl sites for hydroxylation is 2. The lowest BCUT2D eigenvalue weighted by Crippen LogP contribution is -2.29. The Morgan fingerprint density at radius 2 is 1.74 bits per heavy atom. The lowest BCUT2D eigenvalue weighted by Gasteiger charge is -2.11. The van der Waals surface area contributed by atoms with E-state index in [0.29, 0.717) is 5.11 Å². The van der Waals surface area contributed by atoms with Crippen molar-refractivity contribution in [3.05, 3.63) is 59.7 Å². The van der Waals surface area contributed by atoms with Crippen LogP contribution >= 0.6 is 24.0 Å². The predicted octanol–water partition coefficient (Wildman–Crippen LogP) is 5.03. The Bertz CT molecular complexity index is 606. The molecule has 0 aliphatic heterocycles. The van der Waals surface area contributed by atoms with Gasteiger partial charge in [0.25, 0.3) is 0 Å². The first-order valence-electron chi connectivity index (χ1n) is 8.00. The Kier molecular flexibility index (Phi) is 7.43. The van der Waals surface area contributed by atoms with Crippen LogP contribution < -0.4 is 10.6 Å². The third kappa shape index (κ3) is 6.63. The molecule has 0 aliphatic rings. The summed E-state index contributed by atoms with van der Waals surface area (Å²) in [4.78, 5) is 1.33. The maximum Gasteiger partial charge on any atom is 0.170 e. The standard InChI is InChI=1S/C19H24N2S2/c1-3-16-7-9-17(10-8-16)21-19(22)20-13-4-14-23-18-11-5-15(2)6-12-18/h5-12H,3-4,13-14H2,1-2H3,(H2,20,21,22). The number of rotatable bonds is 7. The molecule has 122 valence electrons. The molecule has 0 heterocycles. The molecule has 0 aliphatic carbocycles. The Labute approximate surface area is 149 Å². The fraction of sp³-hybridized carbons (Fsp3) is 0.316. The van der Waals surface area contributed by atoms with Crippen LogP contribution in [0.1, 0.15) is 24.5 Å². The Morgan fingerprint density at radius 1 is 1.04 bits per heavy atom. The highest BCUT2D eigenvalue weighted by Crippen LogP contribution is 2.18. The molecule has 0 bridgehead atoms. The average Bonchev–Trinajstić information content (AvgIpc) is 2.57. The van der Waals surface area contributed by atoms with E-state index in [1.807, 2.05) is 11.8 Å². The van der Waals surface area contributed by atoms with E-state index < -0.39 is 0 Å². The quantitative estimate of drug-likeness (QED) is 0.418. The van der Waals surface area contributed by atoms with Crippen molar-refractivity contribution in [2.24, 2.45) is 0 Å². The number of hydrogen-bond acceptors (Lipinski definition) is 2. The maximum absolute atomic E-state index is 5.33. The van der Waals surface area contributed by atoms with Crippen LogP contribution in [0, 0.1) is 6.92 Å². The number of anilines is 1. The van der Waals surface area contributed by atoms with Gasteiger partial charge >= 0.3 is 0 Å². The highest BCUT2D eigenvalue weighted by atomic mass is 32.2. The van der Waals surface area contributed by atoms with Crippen LogP contribution in [0.15, 0.2) is 53.4 Å². The molecule has 0 saturated carbocycles. The number of benzene rings is 2. The second-order valence-corrected chi connectivity index (χ2v) is 7.02. The lowest BCUT2D eigenvalue weighted by atomic mass is 10.1. The molecule has 4 heteroatoms. The summed E-state index contributed by atoms with van der Waals surface area (Å²) in [7, 11) is 0. The zero-order chi connectivity index (χ0) is 16.5. The summed E-state index contributed by atoms with van der Waals surface area (Å²) in [6.07, 6.45) is 2.14. The average molecular weight is 345 g/mol. The van der Waals surface area contributed by atoms with Crippen LogP contribution in [0.25, 0.3) is 0 Å². The van der Waals surface area contributed by atoms with Crippen LogP contribution in [-0.4, -0.2) is 17.4 Å². The summed E-state index contributed by atoms with van der Waals surface area (Å²) >= 11 is 7.21. The molecule has 0 atom stereocenters. The van der Waals surface area contributed by atoms with Crippen molar-refractivity contribution in [2.75, 3.05) is 17.6 Å². The summed E-state index contributed by atoms with van der Waals surface area (Å²) in [6.45, 7) is 5.16. The topological polar surface area (TPSA) is 24.1 Å². The van der Waals surface area contributed by atoms with E-state index in [4.69, 9.17) is 12.2 Å². The predicted molar refractivity (Wildman–Crippen MR) is 107 cm³/mol. The van der Waals surface area contributed by atoms with E-state index >= 15 is 0 Å². The third-order valence-electron chi connectivity index (χ3n) is 3.52. The first-order chi connectivity index (χ1) is 11.2. The summed E-state index contributed by atoms with van der Waals surface area (Å²) in [5, 5.41) is 7.17. The minimum absolute atomic E-state index is 0.689. The van der Waals surface area contributed by atoms with Gasteiger partial charge in [0.15, 0.2) is 5.11 Å². The maximum atomic E-state index is 5.33. The van der Waals surface area contributed by atoms with Crippen molar-refractivity contribution in [2.45, 2.75) is 31.6 Å². The third-order valence-corrected chi connectivity index (χ3v) is 4.86. The van der Waals surface area contributed by atoms with E-state index in [1.165, 1.54) is 16.0 Å². The smallest absolute Gasteiger partial charge is 0.170 e. The monoisotopic (exact) mass is 344 g/mol. The Morgan fingerprint density at radius 3 is 2.39 bits per heavy atom. The second kappa shape index (κ2) is 9.58. The van der Waals surface area contributed by atoms with Crippen molar-refractivity contribution in [3.8, 4) is 0 Å². The van der Waals surface area contributed by atoms with Gasteiger partial charge in [-0.05, 0) is 67.6 Å². The summed E-state index contributed by atoms with van der Waals surface area (Å²) in [6, 6.07) is 17.1. The molecule has 2 aromatic carbocycles. The molecule has 2 aromatic rings. The van der Waals surface area contributed by atoms with Crippen LogP contribution in [0.5, 0.6) is 0 Å². The fourth-order valence-corrected chi connectivity index (χ4v) is 3.17. The van der Waals surface area contributed by atoms with Crippen molar-refractivity contribution in [1.82, 2.24) is 5.32 Å². The van der Waals surface area contributed by atoms with Crippen molar-refractivity contribution in [3.63, 3.8) is 0 Å². The highest BCUT2D eigenvalue weighted by molar-refractivity contribution is 7.99. The zero-order valence-electron chi connectivity index (χ0n) is 13.8. The van der Waals surface area contributed by atoms with Crippen LogP contribution in [0.3, 0.4) is 0 Å². The molecule has 2 nitrogen and oxygen atoms in total. The van der Waals surface area contributed by atoms with Gasteiger partial charge in [-0.3, -0.25) is 0 Å². The molecular formula is C19H24N2S2. The van der Waals surface area contributed by atoms with Gasteiger partial charge in [0.05, 0.1) is 0 Å². The number of nitrogens with one attached hydrogen (secondary N) is 2. The molecule has 0 spiro atoms. The van der Waals surface area contributed by atoms with Crippen LogP contribution in [-0.2, 0) is 6.42 Å². The van der Waals surface area contributed by atoms with E-state index in [9.17, 15) is 0 Å². The molecule has 0 radical (unpaired) electrons. The van der Waals surface area contributed by atoms with Crippen molar-refractivity contribution >= 4 is 34.8 Å². The van der Waals surface area contributed by atoms with E-state index in [2.05, 4.69) is 73.0 Å². The van der Waals surface area contributed by atoms with Crippen molar-refractivity contribution in [1.29, 1.82) is 0 Å². The minimum Gasteiger partial charge on any atom is -0.362 e. The van der Waals surface area contributed by atoms with Gasteiger partial charge in [-0.25, -0.2) is 0 Å². The van der Waals surface area contributed by atoms with Gasteiger partial charge in [-0.2, -0.15) is 0 Å². The van der Waals surface area contributed by atoms with Gasteiger partial charge in [0.1, 0.15) is 0 Å². The molecule has 0 amide bonds. The summed E-state index contributed by atoms with van der Waals surface area (Å²) < 4.78 is 0. The Balaban J connectivity index is 1.61. The second-order valence-electron chi connectivity index (χ2n) is 5.45. The Hall–Kier alpha value is -1.52. The fourth-order valence-electron chi connectivity index (χ4n) is 2.10. The zero-order valence-corrected chi connectivity index (χ0v) is 15.4. The van der Waals surface area contributed by atoms with Crippen molar-refractivity contribution < 1.29 is 0 Å². The van der Waals surface area contributed by atoms with Gasteiger partial charge in [0, 0.05) is 17.1 Å². The molecule has 2 N–H and O–H groups in total. The van der Waals surface area contributed by atoms with Gasteiger partial charge in [-0.1, -0.05) is 36.8 Å². The first-order valence-corrected chi connectivity index (χ1v) is 9.40. The molecule has 0 fully saturated rings. The number of hydrogen-bond donors (Lipinski definition) is 2. The molecule has 0 aromatic heterocycles. The van der Waals surface area contributed by atoms with Crippen LogP contribution in [0.4, 0.5) is 5.69 Å². The number of thioether (sulfide) groups is 1. The molecule has 0 unspecified atom stereocenters. The minimum atomic E-state index is 0.689. The van der Waals surface area contributed by atoms with E-state index in [1.54, 1.807) is 0 Å². The summed E-state index contributed by atoms with van der Waals surface area (Å²) in [5.41, 5.74) is 3.68. The largest absolute Gasteiger partial charge is 0.362 e. The normalized spacial score (nSPS) is 10.3. The van der Waals surface area contributed by atoms with Gasteiger partial charge < -0.3 is 10.6 Å². The lowest BCUT2D eigenvalue weighted by molar-refractivity contribution is 0.854. The molecule has 2 rings (SSSR count). The van der Waals surface area contributed by atoms with E-state index in [0.717, 1.165) is 30.8 Å². The van der Waals surface area contributed by atoms with E-state index in [-0.39, 0.29) is 0 Å². The molecular weight excluding hydrogens is 320 g/mol. The number of thiocarbonyl (C=S) groups is 1. The van der Waals surface area contributed by atoms with Gasteiger partial charge in [0.2, 0.25) is 0 Å². The SMILES string of the molecule is CCc1ccc(NC(=S)NCCCSc2ccc(C)cc2)cc1. The summed E-state index contributed by atoms with van der Waals surface area (Å²) in [5.74, 6) is 1.09. The van der Waals surface area contributed by atoms with Gasteiger partial charge in [-0.15, -0.1) is 11.8 Å². The van der Waals surface area contributed by atoms with Crippen LogP contribution in [0.2, 0.25) is 0 Å². The molecule has 23 heavy (non-hydrogen) atoms. The first kappa shape index (κ1) is 17.8. The highest BCUT2D eigenvalue weighted by Gasteiger charge is 1.98. The molecule has 0 saturated heterocycles.